The minimum absolute atomic E-state index is 0.296. The molecule has 1 aliphatic rings. The van der Waals surface area contributed by atoms with Crippen LogP contribution in [-0.4, -0.2) is 5.78 Å². The number of hydrogen-bond acceptors (Lipinski definition) is 1. The molecule has 0 saturated carbocycles. The summed E-state index contributed by atoms with van der Waals surface area (Å²) < 4.78 is 0. The number of carbonyl (C=O) groups is 1. The highest BCUT2D eigenvalue weighted by molar-refractivity contribution is 5.90. The molecule has 2 atom stereocenters. The molecule has 0 unspecified atom stereocenters. The minimum Gasteiger partial charge on any atom is -0.295 e. The number of aryl methyl sites for hydroxylation is 1. The van der Waals surface area contributed by atoms with Crippen molar-refractivity contribution >= 4 is 5.78 Å². The fourth-order valence-electron chi connectivity index (χ4n) is 2.74. The van der Waals surface area contributed by atoms with Gasteiger partial charge < -0.3 is 0 Å². The highest BCUT2D eigenvalue weighted by Crippen LogP contribution is 2.26. The molecule has 0 heterocycles. The Morgan fingerprint density at radius 3 is 2.63 bits per heavy atom. The van der Waals surface area contributed by atoms with Crippen LogP contribution in [0.2, 0.25) is 0 Å². The summed E-state index contributed by atoms with van der Waals surface area (Å²) in [4.78, 5) is 11.1. The maximum atomic E-state index is 11.1. The van der Waals surface area contributed by atoms with Crippen LogP contribution in [-0.2, 0) is 4.79 Å². The summed E-state index contributed by atoms with van der Waals surface area (Å²) in [7, 11) is 0. The van der Waals surface area contributed by atoms with E-state index in [-0.39, 0.29) is 0 Å². The van der Waals surface area contributed by atoms with Crippen molar-refractivity contribution in [2.45, 2.75) is 51.9 Å². The van der Waals surface area contributed by atoms with E-state index in [9.17, 15) is 4.79 Å². The van der Waals surface area contributed by atoms with Gasteiger partial charge in [-0.2, -0.15) is 0 Å². The molecule has 0 radical (unpaired) electrons. The van der Waals surface area contributed by atoms with Gasteiger partial charge in [-0.25, -0.2) is 0 Å². The predicted octanol–water partition coefficient (Wildman–Crippen LogP) is 4.80. The first-order valence-electron chi connectivity index (χ1n) is 7.43. The first kappa shape index (κ1) is 14.0. The van der Waals surface area contributed by atoms with Gasteiger partial charge in [0.05, 0.1) is 0 Å². The molecule has 0 spiro atoms. The third-order valence-electron chi connectivity index (χ3n) is 4.17. The Bertz CT molecular complexity index is 441. The second kappa shape index (κ2) is 6.70. The zero-order chi connectivity index (χ0) is 13.7. The highest BCUT2D eigenvalue weighted by atomic mass is 16.1. The second-order valence-corrected chi connectivity index (χ2v) is 5.87. The lowest BCUT2D eigenvalue weighted by Crippen LogP contribution is -2.08. The molecular formula is C18H24O. The Balaban J connectivity index is 1.75. The topological polar surface area (TPSA) is 17.1 Å². The standard InChI is InChI=1S/C18H24O/c1-14-6-10-17(11-7-14)15(2)4-3-5-16-8-12-18(19)13-9-16/h6-8,10-12,15-16H,3-5,9,13H2,1-2H3/t15-,16-/m1/s1. The van der Waals surface area contributed by atoms with Crippen molar-refractivity contribution in [3.63, 3.8) is 0 Å². The van der Waals surface area contributed by atoms with Crippen LogP contribution in [0.3, 0.4) is 0 Å². The van der Waals surface area contributed by atoms with Crippen LogP contribution < -0.4 is 0 Å². The van der Waals surface area contributed by atoms with Crippen LogP contribution in [0.1, 0.15) is 56.1 Å². The molecule has 1 nitrogen and oxygen atoms in total. The van der Waals surface area contributed by atoms with Gasteiger partial charge in [-0.15, -0.1) is 0 Å². The van der Waals surface area contributed by atoms with E-state index in [0.29, 0.717) is 17.6 Å². The maximum Gasteiger partial charge on any atom is 0.155 e. The van der Waals surface area contributed by atoms with Crippen LogP contribution in [0, 0.1) is 12.8 Å². The first-order chi connectivity index (χ1) is 9.15. The fourth-order valence-corrected chi connectivity index (χ4v) is 2.74. The van der Waals surface area contributed by atoms with Gasteiger partial charge in [0.2, 0.25) is 0 Å². The van der Waals surface area contributed by atoms with Crippen molar-refractivity contribution in [2.24, 2.45) is 5.92 Å². The van der Waals surface area contributed by atoms with Gasteiger partial charge in [0.25, 0.3) is 0 Å². The quantitative estimate of drug-likeness (QED) is 0.739. The van der Waals surface area contributed by atoms with E-state index in [4.69, 9.17) is 0 Å². The molecule has 0 aromatic heterocycles. The van der Waals surface area contributed by atoms with Gasteiger partial charge in [-0.1, -0.05) is 49.2 Å². The molecule has 0 saturated heterocycles. The summed E-state index contributed by atoms with van der Waals surface area (Å²) in [6, 6.07) is 8.89. The molecule has 0 amide bonds. The van der Waals surface area contributed by atoms with Crippen LogP contribution in [0.4, 0.5) is 0 Å². The lowest BCUT2D eigenvalue weighted by molar-refractivity contribution is -0.115. The van der Waals surface area contributed by atoms with E-state index in [1.807, 2.05) is 0 Å². The number of rotatable bonds is 5. The van der Waals surface area contributed by atoms with Crippen molar-refractivity contribution in [1.82, 2.24) is 0 Å². The largest absolute Gasteiger partial charge is 0.295 e. The Hall–Kier alpha value is -1.37. The second-order valence-electron chi connectivity index (χ2n) is 5.87. The lowest BCUT2D eigenvalue weighted by Gasteiger charge is -2.17. The van der Waals surface area contributed by atoms with E-state index in [0.717, 1.165) is 12.8 Å². The summed E-state index contributed by atoms with van der Waals surface area (Å²) >= 11 is 0. The van der Waals surface area contributed by atoms with Gasteiger partial charge in [0.15, 0.2) is 5.78 Å². The van der Waals surface area contributed by atoms with Gasteiger partial charge in [0, 0.05) is 6.42 Å². The number of ketones is 1. The molecule has 0 N–H and O–H groups in total. The van der Waals surface area contributed by atoms with E-state index in [2.05, 4.69) is 44.2 Å². The van der Waals surface area contributed by atoms with Crippen molar-refractivity contribution in [1.29, 1.82) is 0 Å². The average Bonchev–Trinajstić information content (AvgIpc) is 2.41. The molecule has 2 rings (SSSR count). The molecule has 19 heavy (non-hydrogen) atoms. The van der Waals surface area contributed by atoms with Crippen molar-refractivity contribution in [3.05, 3.63) is 47.5 Å². The summed E-state index contributed by atoms with van der Waals surface area (Å²) in [5.74, 6) is 1.56. The third kappa shape index (κ3) is 4.34. The van der Waals surface area contributed by atoms with Gasteiger partial charge in [0.1, 0.15) is 0 Å². The molecular weight excluding hydrogens is 232 g/mol. The van der Waals surface area contributed by atoms with Gasteiger partial charge in [-0.05, 0) is 49.7 Å². The van der Waals surface area contributed by atoms with Gasteiger partial charge >= 0.3 is 0 Å². The van der Waals surface area contributed by atoms with E-state index in [1.165, 1.54) is 30.4 Å². The molecule has 1 aliphatic carbocycles. The molecule has 102 valence electrons. The van der Waals surface area contributed by atoms with E-state index < -0.39 is 0 Å². The first-order valence-corrected chi connectivity index (χ1v) is 7.43. The number of allylic oxidation sites excluding steroid dienone is 2. The average molecular weight is 256 g/mol. The molecule has 0 bridgehead atoms. The maximum absolute atomic E-state index is 11.1. The predicted molar refractivity (Wildman–Crippen MR) is 80.3 cm³/mol. The van der Waals surface area contributed by atoms with Gasteiger partial charge in [-0.3, -0.25) is 4.79 Å². The Morgan fingerprint density at radius 2 is 2.00 bits per heavy atom. The Kier molecular flexibility index (Phi) is 4.95. The number of carbonyl (C=O) groups excluding carboxylic acids is 1. The van der Waals surface area contributed by atoms with Crippen LogP contribution in [0.25, 0.3) is 0 Å². The van der Waals surface area contributed by atoms with Crippen LogP contribution >= 0.6 is 0 Å². The van der Waals surface area contributed by atoms with Crippen molar-refractivity contribution in [3.8, 4) is 0 Å². The lowest BCUT2D eigenvalue weighted by atomic mass is 9.88. The summed E-state index contributed by atoms with van der Waals surface area (Å²) in [6.07, 6.45) is 9.39. The minimum atomic E-state index is 0.296. The summed E-state index contributed by atoms with van der Waals surface area (Å²) in [5, 5.41) is 0. The summed E-state index contributed by atoms with van der Waals surface area (Å²) in [6.45, 7) is 4.44. The molecule has 0 fully saturated rings. The number of benzene rings is 1. The van der Waals surface area contributed by atoms with Crippen LogP contribution in [0.5, 0.6) is 0 Å². The smallest absolute Gasteiger partial charge is 0.155 e. The molecule has 1 aromatic rings. The molecule has 1 heteroatoms. The molecule has 0 aliphatic heterocycles. The SMILES string of the molecule is Cc1ccc([C@H](C)CCC[C@@H]2C=CC(=O)CC2)cc1. The van der Waals surface area contributed by atoms with Crippen molar-refractivity contribution < 1.29 is 4.79 Å². The Morgan fingerprint density at radius 1 is 1.26 bits per heavy atom. The zero-order valence-corrected chi connectivity index (χ0v) is 12.1. The fraction of sp³-hybridized carbons (Fsp3) is 0.500. The zero-order valence-electron chi connectivity index (χ0n) is 12.1. The Labute approximate surface area is 116 Å². The van der Waals surface area contributed by atoms with Crippen molar-refractivity contribution in [2.75, 3.05) is 0 Å². The molecule has 1 aromatic carbocycles. The van der Waals surface area contributed by atoms with E-state index in [1.54, 1.807) is 6.08 Å². The third-order valence-corrected chi connectivity index (χ3v) is 4.17. The normalized spacial score (nSPS) is 20.5. The number of hydrogen-bond donors (Lipinski definition) is 0. The summed E-state index contributed by atoms with van der Waals surface area (Å²) in [5.41, 5.74) is 2.77. The van der Waals surface area contributed by atoms with Crippen LogP contribution in [0.15, 0.2) is 36.4 Å². The van der Waals surface area contributed by atoms with E-state index >= 15 is 0 Å². The monoisotopic (exact) mass is 256 g/mol. The highest BCUT2D eigenvalue weighted by Gasteiger charge is 2.13.